The van der Waals surface area contributed by atoms with Gasteiger partial charge >= 0.3 is 17.9 Å². The van der Waals surface area contributed by atoms with Crippen molar-refractivity contribution in [1.82, 2.24) is 0 Å². The van der Waals surface area contributed by atoms with E-state index in [1.54, 1.807) is 36.6 Å². The Hall–Kier alpha value is -2.62. The predicted molar refractivity (Wildman–Crippen MR) is 102 cm³/mol. The number of ether oxygens (including phenoxy) is 3. The monoisotopic (exact) mass is 469 g/mol. The van der Waals surface area contributed by atoms with Gasteiger partial charge in [-0.25, -0.2) is 14.4 Å². The number of halogens is 1. The molecule has 0 unspecified atom stereocenters. The molecule has 0 N–H and O–H groups in total. The highest BCUT2D eigenvalue weighted by atomic mass is 127. The number of methoxy groups -OCH3 is 3. The summed E-state index contributed by atoms with van der Waals surface area (Å²) in [6.07, 6.45) is 6.31. The number of hydrogen-bond donors (Lipinski definition) is 0. The van der Waals surface area contributed by atoms with Crippen molar-refractivity contribution in [3.63, 3.8) is 0 Å². The maximum absolute atomic E-state index is 12.4. The molecule has 0 amide bonds. The van der Waals surface area contributed by atoms with E-state index in [1.165, 1.54) is 32.3 Å². The van der Waals surface area contributed by atoms with Gasteiger partial charge in [0.25, 0.3) is 0 Å². The highest BCUT2D eigenvalue weighted by molar-refractivity contribution is 14.1. The van der Waals surface area contributed by atoms with Gasteiger partial charge in [-0.1, -0.05) is 12.1 Å². The third kappa shape index (κ3) is 3.79. The summed E-state index contributed by atoms with van der Waals surface area (Å²) in [7, 11) is 3.73. The smallest absolute Gasteiger partial charge is 0.355 e. The first kappa shape index (κ1) is 19.7. The quantitative estimate of drug-likeness (QED) is 0.381. The van der Waals surface area contributed by atoms with E-state index in [4.69, 9.17) is 14.2 Å². The van der Waals surface area contributed by atoms with E-state index in [0.717, 1.165) is 0 Å². The topological polar surface area (TPSA) is 82.1 Å². The molecular weight excluding hydrogens is 453 g/mol. The zero-order valence-electron chi connectivity index (χ0n) is 14.3. The van der Waals surface area contributed by atoms with Crippen LogP contribution in [0.25, 0.3) is 0 Å². The van der Waals surface area contributed by atoms with E-state index in [0.29, 0.717) is 14.8 Å². The van der Waals surface area contributed by atoms with Crippen LogP contribution in [0.4, 0.5) is 5.69 Å². The molecule has 0 aliphatic carbocycles. The molecule has 0 aromatic heterocycles. The van der Waals surface area contributed by atoms with Crippen LogP contribution in [0.2, 0.25) is 0 Å². The number of hydrogen-bond acceptors (Lipinski definition) is 7. The second-order valence-electron chi connectivity index (χ2n) is 4.95. The Labute approximate surface area is 164 Å². The first-order valence-electron chi connectivity index (χ1n) is 7.38. The minimum absolute atomic E-state index is 0.0238. The molecule has 1 heterocycles. The van der Waals surface area contributed by atoms with E-state index < -0.39 is 17.9 Å². The summed E-state index contributed by atoms with van der Waals surface area (Å²) in [6.45, 7) is 0. The van der Waals surface area contributed by atoms with E-state index in [1.807, 2.05) is 22.6 Å². The van der Waals surface area contributed by atoms with Crippen LogP contribution >= 0.6 is 22.6 Å². The van der Waals surface area contributed by atoms with Crippen molar-refractivity contribution >= 4 is 46.2 Å². The van der Waals surface area contributed by atoms with Crippen molar-refractivity contribution in [3.05, 3.63) is 63.0 Å². The fourth-order valence-corrected chi connectivity index (χ4v) is 3.16. The van der Waals surface area contributed by atoms with Crippen LogP contribution in [0.1, 0.15) is 10.4 Å². The second-order valence-corrected chi connectivity index (χ2v) is 6.03. The Morgan fingerprint density at radius 2 is 1.58 bits per heavy atom. The molecule has 7 nitrogen and oxygen atoms in total. The molecule has 1 aliphatic heterocycles. The molecule has 0 spiro atoms. The molecule has 0 radical (unpaired) electrons. The number of allylic oxidation sites excluding steroid dienone is 2. The summed E-state index contributed by atoms with van der Waals surface area (Å²) in [6, 6.07) is 4.98. The molecule has 0 fully saturated rings. The van der Waals surface area contributed by atoms with Crippen molar-refractivity contribution in [2.45, 2.75) is 0 Å². The number of benzene rings is 1. The van der Waals surface area contributed by atoms with Crippen LogP contribution in [0.3, 0.4) is 0 Å². The maximum Gasteiger partial charge on any atom is 0.355 e. The molecule has 1 aromatic rings. The van der Waals surface area contributed by atoms with Gasteiger partial charge in [-0.2, -0.15) is 0 Å². The van der Waals surface area contributed by atoms with Crippen LogP contribution in [0, 0.1) is 3.57 Å². The SMILES string of the molecule is COC(=O)C1=C(C(=O)OC)N(c2cccc(C(=O)OC)c2I)C=CC=C1. The van der Waals surface area contributed by atoms with E-state index in [9.17, 15) is 14.4 Å². The molecule has 0 atom stereocenters. The van der Waals surface area contributed by atoms with Crippen LogP contribution in [-0.4, -0.2) is 39.2 Å². The Morgan fingerprint density at radius 1 is 0.923 bits per heavy atom. The first-order chi connectivity index (χ1) is 12.5. The van der Waals surface area contributed by atoms with Gasteiger partial charge in [0.1, 0.15) is 5.70 Å². The predicted octanol–water partition coefficient (Wildman–Crippen LogP) is 2.57. The minimum Gasteiger partial charge on any atom is -0.465 e. The van der Waals surface area contributed by atoms with Gasteiger partial charge in [0.05, 0.1) is 41.7 Å². The first-order valence-corrected chi connectivity index (χ1v) is 8.46. The van der Waals surface area contributed by atoms with Gasteiger partial charge in [0.2, 0.25) is 0 Å². The summed E-state index contributed by atoms with van der Waals surface area (Å²) in [5.74, 6) is -1.92. The molecule has 1 aromatic carbocycles. The molecule has 136 valence electrons. The fraction of sp³-hybridized carbons (Fsp3) is 0.167. The van der Waals surface area contributed by atoms with E-state index in [2.05, 4.69) is 0 Å². The highest BCUT2D eigenvalue weighted by Gasteiger charge is 2.29. The molecule has 0 saturated heterocycles. The largest absolute Gasteiger partial charge is 0.465 e. The maximum atomic E-state index is 12.4. The summed E-state index contributed by atoms with van der Waals surface area (Å²) >= 11 is 1.99. The number of nitrogens with zero attached hydrogens (tertiary/aromatic N) is 1. The fourth-order valence-electron chi connectivity index (χ4n) is 2.32. The van der Waals surface area contributed by atoms with Crippen LogP contribution in [0.5, 0.6) is 0 Å². The average molecular weight is 469 g/mol. The molecule has 26 heavy (non-hydrogen) atoms. The number of anilines is 1. The van der Waals surface area contributed by atoms with Gasteiger partial charge in [0, 0.05) is 6.20 Å². The van der Waals surface area contributed by atoms with Gasteiger partial charge < -0.3 is 19.1 Å². The standard InChI is InChI=1S/C18H16INO6/c1-24-16(21)11-8-6-9-13(14(11)19)20-10-5-4-7-12(17(22)25-2)15(20)18(23)26-3/h4-10H,1-3H3. The van der Waals surface area contributed by atoms with Crippen molar-refractivity contribution in [2.75, 3.05) is 26.2 Å². The van der Waals surface area contributed by atoms with Gasteiger partial charge in [-0.05, 0) is 46.9 Å². The average Bonchev–Trinajstić information content (AvgIpc) is 2.89. The van der Waals surface area contributed by atoms with Gasteiger partial charge in [0.15, 0.2) is 0 Å². The van der Waals surface area contributed by atoms with Crippen molar-refractivity contribution in [1.29, 1.82) is 0 Å². The van der Waals surface area contributed by atoms with Crippen molar-refractivity contribution in [2.24, 2.45) is 0 Å². The molecular formula is C18H16INO6. The summed E-state index contributed by atoms with van der Waals surface area (Å²) < 4.78 is 15.0. The Bertz CT molecular complexity index is 840. The lowest BCUT2D eigenvalue weighted by molar-refractivity contribution is -0.139. The third-order valence-electron chi connectivity index (χ3n) is 3.53. The summed E-state index contributed by atoms with van der Waals surface area (Å²) in [5.41, 5.74) is 0.850. The van der Waals surface area contributed by atoms with E-state index in [-0.39, 0.29) is 11.3 Å². The lowest BCUT2D eigenvalue weighted by Gasteiger charge is -2.24. The minimum atomic E-state index is -0.721. The van der Waals surface area contributed by atoms with Crippen LogP contribution in [0.15, 0.2) is 53.9 Å². The number of carbonyl (C=O) groups excluding carboxylic acids is 3. The molecule has 0 bridgehead atoms. The lowest BCUT2D eigenvalue weighted by atomic mass is 10.1. The van der Waals surface area contributed by atoms with Crippen LogP contribution in [-0.2, 0) is 23.8 Å². The summed E-state index contributed by atoms with van der Waals surface area (Å²) in [5, 5.41) is 0. The Morgan fingerprint density at radius 3 is 2.19 bits per heavy atom. The number of rotatable bonds is 4. The summed E-state index contributed by atoms with van der Waals surface area (Å²) in [4.78, 5) is 38.0. The van der Waals surface area contributed by atoms with E-state index >= 15 is 0 Å². The number of esters is 3. The molecule has 2 rings (SSSR count). The lowest BCUT2D eigenvalue weighted by Crippen LogP contribution is -2.27. The number of carbonyl (C=O) groups is 3. The third-order valence-corrected chi connectivity index (χ3v) is 4.67. The highest BCUT2D eigenvalue weighted by Crippen LogP contribution is 2.32. The zero-order chi connectivity index (χ0) is 19.3. The van der Waals surface area contributed by atoms with Crippen molar-refractivity contribution in [3.8, 4) is 0 Å². The van der Waals surface area contributed by atoms with Gasteiger partial charge in [-0.3, -0.25) is 0 Å². The zero-order valence-corrected chi connectivity index (χ0v) is 16.5. The van der Waals surface area contributed by atoms with Crippen molar-refractivity contribution < 1.29 is 28.6 Å². The Kier molecular flexibility index (Phi) is 6.56. The van der Waals surface area contributed by atoms with Crippen LogP contribution < -0.4 is 4.90 Å². The Balaban J connectivity index is 2.72. The second kappa shape index (κ2) is 8.65. The normalized spacial score (nSPS) is 13.3. The molecule has 0 saturated carbocycles. The van der Waals surface area contributed by atoms with Gasteiger partial charge in [-0.15, -0.1) is 0 Å². The molecule has 1 aliphatic rings. The molecule has 8 heteroatoms.